The number of amides is 2. The molecule has 0 aliphatic heterocycles. The molecule has 0 aliphatic rings. The first kappa shape index (κ1) is 27.0. The maximum Gasteiger partial charge on any atom is 0.247 e. The van der Waals surface area contributed by atoms with Gasteiger partial charge in [-0.3, -0.25) is 9.59 Å². The van der Waals surface area contributed by atoms with Gasteiger partial charge >= 0.3 is 0 Å². The van der Waals surface area contributed by atoms with E-state index in [1.807, 2.05) is 48.5 Å². The van der Waals surface area contributed by atoms with Gasteiger partial charge < -0.3 is 24.4 Å². The summed E-state index contributed by atoms with van der Waals surface area (Å²) in [4.78, 5) is 28.8. The Balaban J connectivity index is 1.98. The summed E-state index contributed by atoms with van der Waals surface area (Å²) >= 11 is 6.07. The molecule has 3 aromatic carbocycles. The second-order valence-electron chi connectivity index (χ2n) is 8.11. The van der Waals surface area contributed by atoms with Crippen LogP contribution < -0.4 is 14.8 Å². The van der Waals surface area contributed by atoms with Gasteiger partial charge in [0.05, 0.1) is 27.2 Å². The lowest BCUT2D eigenvalue weighted by Crippen LogP contribution is -2.44. The van der Waals surface area contributed by atoms with E-state index in [1.165, 1.54) is 0 Å². The van der Waals surface area contributed by atoms with Crippen LogP contribution in [0.4, 0.5) is 0 Å². The molecule has 0 fully saturated rings. The fourth-order valence-electron chi connectivity index (χ4n) is 3.86. The van der Waals surface area contributed by atoms with E-state index in [2.05, 4.69) is 5.32 Å². The number of benzene rings is 3. The SMILES string of the molecule is COCCNC(=O)[C@@H](c1ccccc1)N(Cc1ccc(Cl)cc1)C(=O)Cc1ccc(OC)c(OC)c1. The number of nitrogens with one attached hydrogen (secondary N) is 1. The number of carbonyl (C=O) groups excluding carboxylic acids is 2. The molecule has 0 bridgehead atoms. The standard InChI is InChI=1S/C28H31ClN2O5/c1-34-16-15-30-28(33)27(22-7-5-4-6-8-22)31(19-20-9-12-23(29)13-10-20)26(32)18-21-11-14-24(35-2)25(17-21)36-3/h4-14,17,27H,15-16,18-19H2,1-3H3,(H,30,33)/t27-/m1/s1. The molecule has 8 heteroatoms. The highest BCUT2D eigenvalue weighted by Gasteiger charge is 2.31. The Kier molecular flexibility index (Phi) is 10.2. The molecule has 3 rings (SSSR count). The van der Waals surface area contributed by atoms with E-state index >= 15 is 0 Å². The molecular weight excluding hydrogens is 480 g/mol. The maximum absolute atomic E-state index is 13.8. The lowest BCUT2D eigenvalue weighted by Gasteiger charge is -2.32. The summed E-state index contributed by atoms with van der Waals surface area (Å²) in [6, 6.07) is 21.0. The third kappa shape index (κ3) is 7.23. The quantitative estimate of drug-likeness (QED) is 0.365. The molecule has 0 saturated carbocycles. The van der Waals surface area contributed by atoms with Crippen LogP contribution in [0.25, 0.3) is 0 Å². The molecule has 0 spiro atoms. The maximum atomic E-state index is 13.8. The average Bonchev–Trinajstić information content (AvgIpc) is 2.90. The van der Waals surface area contributed by atoms with E-state index in [0.717, 1.165) is 11.1 Å². The fourth-order valence-corrected chi connectivity index (χ4v) is 3.98. The minimum Gasteiger partial charge on any atom is -0.493 e. The summed E-state index contributed by atoms with van der Waals surface area (Å²) in [5.41, 5.74) is 2.30. The predicted octanol–water partition coefficient (Wildman–Crippen LogP) is 4.43. The molecule has 2 amide bonds. The van der Waals surface area contributed by atoms with Crippen molar-refractivity contribution < 1.29 is 23.8 Å². The van der Waals surface area contributed by atoms with Crippen molar-refractivity contribution >= 4 is 23.4 Å². The Labute approximate surface area is 216 Å². The Hall–Kier alpha value is -3.55. The summed E-state index contributed by atoms with van der Waals surface area (Å²) in [7, 11) is 4.68. The zero-order valence-corrected chi connectivity index (χ0v) is 21.5. The van der Waals surface area contributed by atoms with Gasteiger partial charge in [-0.25, -0.2) is 0 Å². The Morgan fingerprint density at radius 1 is 0.889 bits per heavy atom. The van der Waals surface area contributed by atoms with E-state index in [9.17, 15) is 9.59 Å². The van der Waals surface area contributed by atoms with Gasteiger partial charge in [0.1, 0.15) is 6.04 Å². The minimum atomic E-state index is -0.841. The van der Waals surface area contributed by atoms with Crippen molar-refractivity contribution in [2.75, 3.05) is 34.5 Å². The van der Waals surface area contributed by atoms with Crippen molar-refractivity contribution in [1.29, 1.82) is 0 Å². The minimum absolute atomic E-state index is 0.0721. The Morgan fingerprint density at radius 2 is 1.56 bits per heavy atom. The molecule has 3 aromatic rings. The summed E-state index contributed by atoms with van der Waals surface area (Å²) in [6.45, 7) is 0.919. The summed E-state index contributed by atoms with van der Waals surface area (Å²) < 4.78 is 15.8. The molecule has 0 aromatic heterocycles. The first-order chi connectivity index (χ1) is 17.5. The molecule has 0 heterocycles. The highest BCUT2D eigenvalue weighted by molar-refractivity contribution is 6.30. The van der Waals surface area contributed by atoms with Gasteiger partial charge in [0, 0.05) is 25.2 Å². The molecule has 0 saturated heterocycles. The molecule has 7 nitrogen and oxygen atoms in total. The van der Waals surface area contributed by atoms with Crippen LogP contribution in [-0.4, -0.2) is 51.2 Å². The zero-order chi connectivity index (χ0) is 25.9. The van der Waals surface area contributed by atoms with Gasteiger partial charge in [-0.1, -0.05) is 60.1 Å². The van der Waals surface area contributed by atoms with E-state index in [4.69, 9.17) is 25.8 Å². The monoisotopic (exact) mass is 510 g/mol. The first-order valence-electron chi connectivity index (χ1n) is 11.5. The summed E-state index contributed by atoms with van der Waals surface area (Å²) in [5, 5.41) is 3.49. The number of hydrogen-bond donors (Lipinski definition) is 1. The second-order valence-corrected chi connectivity index (χ2v) is 8.55. The number of ether oxygens (including phenoxy) is 3. The van der Waals surface area contributed by atoms with Crippen LogP contribution in [0.1, 0.15) is 22.7 Å². The smallest absolute Gasteiger partial charge is 0.247 e. The van der Waals surface area contributed by atoms with Crippen LogP contribution in [0.15, 0.2) is 72.8 Å². The lowest BCUT2D eigenvalue weighted by atomic mass is 10.0. The molecule has 0 radical (unpaired) electrons. The van der Waals surface area contributed by atoms with E-state index < -0.39 is 6.04 Å². The second kappa shape index (κ2) is 13.5. The van der Waals surface area contributed by atoms with Gasteiger partial charge in [0.2, 0.25) is 11.8 Å². The van der Waals surface area contributed by atoms with Crippen LogP contribution >= 0.6 is 11.6 Å². The van der Waals surface area contributed by atoms with Crippen LogP contribution in [0.5, 0.6) is 11.5 Å². The molecule has 36 heavy (non-hydrogen) atoms. The summed E-state index contributed by atoms with van der Waals surface area (Å²) in [6.07, 6.45) is 0.0721. The molecule has 190 valence electrons. The largest absolute Gasteiger partial charge is 0.493 e. The average molecular weight is 511 g/mol. The number of nitrogens with zero attached hydrogens (tertiary/aromatic N) is 1. The molecule has 0 aliphatic carbocycles. The Bertz CT molecular complexity index is 1140. The molecule has 0 unspecified atom stereocenters. The van der Waals surface area contributed by atoms with Crippen molar-refractivity contribution in [3.8, 4) is 11.5 Å². The summed E-state index contributed by atoms with van der Waals surface area (Å²) in [5.74, 6) is 0.608. The highest BCUT2D eigenvalue weighted by Crippen LogP contribution is 2.29. The van der Waals surface area contributed by atoms with Crippen LogP contribution in [-0.2, 0) is 27.3 Å². The van der Waals surface area contributed by atoms with Crippen molar-refractivity contribution in [2.24, 2.45) is 0 Å². The van der Waals surface area contributed by atoms with Crippen molar-refractivity contribution in [2.45, 2.75) is 19.0 Å². The van der Waals surface area contributed by atoms with Gasteiger partial charge in [0.15, 0.2) is 11.5 Å². The highest BCUT2D eigenvalue weighted by atomic mass is 35.5. The van der Waals surface area contributed by atoms with Gasteiger partial charge in [0.25, 0.3) is 0 Å². The predicted molar refractivity (Wildman–Crippen MR) is 139 cm³/mol. The van der Waals surface area contributed by atoms with Crippen LogP contribution in [0.2, 0.25) is 5.02 Å². The third-order valence-corrected chi connectivity index (χ3v) is 5.92. The zero-order valence-electron chi connectivity index (χ0n) is 20.7. The van der Waals surface area contributed by atoms with E-state index in [0.29, 0.717) is 35.2 Å². The Morgan fingerprint density at radius 3 is 2.19 bits per heavy atom. The third-order valence-electron chi connectivity index (χ3n) is 5.67. The van der Waals surface area contributed by atoms with Crippen molar-refractivity contribution in [3.05, 3.63) is 94.5 Å². The van der Waals surface area contributed by atoms with E-state index in [-0.39, 0.29) is 24.8 Å². The van der Waals surface area contributed by atoms with Crippen LogP contribution in [0, 0.1) is 0 Å². The van der Waals surface area contributed by atoms with E-state index in [1.54, 1.807) is 50.5 Å². The fraction of sp³-hybridized carbons (Fsp3) is 0.286. The van der Waals surface area contributed by atoms with Gasteiger partial charge in [-0.05, 0) is 41.0 Å². The number of hydrogen-bond acceptors (Lipinski definition) is 5. The van der Waals surface area contributed by atoms with Gasteiger partial charge in [-0.2, -0.15) is 0 Å². The number of carbonyl (C=O) groups is 2. The molecule has 1 N–H and O–H groups in total. The van der Waals surface area contributed by atoms with Crippen molar-refractivity contribution in [3.63, 3.8) is 0 Å². The molecule has 1 atom stereocenters. The van der Waals surface area contributed by atoms with Gasteiger partial charge in [-0.15, -0.1) is 0 Å². The number of halogens is 1. The number of rotatable bonds is 12. The van der Waals surface area contributed by atoms with Crippen molar-refractivity contribution in [1.82, 2.24) is 10.2 Å². The lowest BCUT2D eigenvalue weighted by molar-refractivity contribution is -0.141. The topological polar surface area (TPSA) is 77.1 Å². The first-order valence-corrected chi connectivity index (χ1v) is 11.9. The molecular formula is C28H31ClN2O5. The number of methoxy groups -OCH3 is 3. The van der Waals surface area contributed by atoms with Crippen LogP contribution in [0.3, 0.4) is 0 Å². The normalized spacial score (nSPS) is 11.4.